The summed E-state index contributed by atoms with van der Waals surface area (Å²) in [6.45, 7) is 0. The van der Waals surface area contributed by atoms with Gasteiger partial charge in [-0.05, 0) is 0 Å². The summed E-state index contributed by atoms with van der Waals surface area (Å²) in [6, 6.07) is -0.861. The van der Waals surface area contributed by atoms with Crippen LogP contribution >= 0.6 is 0 Å². The molecule has 6 heteroatoms. The highest BCUT2D eigenvalue weighted by Crippen LogP contribution is 2.01. The lowest BCUT2D eigenvalue weighted by Crippen LogP contribution is -2.19. The lowest BCUT2D eigenvalue weighted by atomic mass is 10.2. The topological polar surface area (TPSA) is 78.3 Å². The predicted octanol–water partition coefficient (Wildman–Crippen LogP) is 0.136. The van der Waals surface area contributed by atoms with Crippen LogP contribution in [0.2, 0.25) is 0 Å². The van der Waals surface area contributed by atoms with Crippen molar-refractivity contribution in [3.05, 3.63) is 18.2 Å². The zero-order chi connectivity index (χ0) is 8.97. The molecule has 1 atom stereocenters. The SMILES string of the molecule is O=C(O)[C@H](Cc1cnc[nH]1)N=S. The fourth-order valence-corrected chi connectivity index (χ4v) is 0.939. The fraction of sp³-hybridized carbons (Fsp3) is 0.333. The Labute approximate surface area is 74.0 Å². The Morgan fingerprint density at radius 2 is 2.67 bits per heavy atom. The fourth-order valence-electron chi connectivity index (χ4n) is 0.774. The largest absolute Gasteiger partial charge is 0.480 e. The number of nitrogens with zero attached hydrogens (tertiary/aromatic N) is 2. The Kier molecular flexibility index (Phi) is 2.87. The summed E-state index contributed by atoms with van der Waals surface area (Å²) in [6.07, 6.45) is 3.30. The van der Waals surface area contributed by atoms with E-state index in [1.54, 1.807) is 6.20 Å². The van der Waals surface area contributed by atoms with E-state index in [2.05, 4.69) is 26.8 Å². The third kappa shape index (κ3) is 2.09. The zero-order valence-corrected chi connectivity index (χ0v) is 6.91. The van der Waals surface area contributed by atoms with E-state index in [0.29, 0.717) is 0 Å². The Hall–Kier alpha value is -1.30. The second kappa shape index (κ2) is 3.91. The number of aliphatic carboxylic acids is 1. The number of imidazole rings is 1. The third-order valence-corrected chi connectivity index (χ3v) is 1.63. The first-order valence-corrected chi connectivity index (χ1v) is 3.63. The number of nitrogens with one attached hydrogen (secondary N) is 1. The molecule has 0 saturated carbocycles. The minimum atomic E-state index is -1.01. The van der Waals surface area contributed by atoms with Crippen LogP contribution in [0.25, 0.3) is 0 Å². The predicted molar refractivity (Wildman–Crippen MR) is 43.5 cm³/mol. The van der Waals surface area contributed by atoms with Crippen molar-refractivity contribution >= 4 is 18.4 Å². The molecule has 0 amide bonds. The van der Waals surface area contributed by atoms with E-state index in [0.717, 1.165) is 5.69 Å². The van der Waals surface area contributed by atoms with Crippen LogP contribution in [0.1, 0.15) is 5.69 Å². The highest BCUT2D eigenvalue weighted by atomic mass is 32.1. The van der Waals surface area contributed by atoms with E-state index >= 15 is 0 Å². The van der Waals surface area contributed by atoms with Gasteiger partial charge in [-0.1, -0.05) is 0 Å². The standard InChI is InChI=1S/C6H7N3O2S/c10-6(11)5(9-12)1-4-2-7-3-8-4/h2-3,5H,1H2,(H,7,8)(H,10,11)/t5-/m0/s1. The monoisotopic (exact) mass is 185 g/mol. The summed E-state index contributed by atoms with van der Waals surface area (Å²) >= 11 is 4.33. The molecular formula is C6H7N3O2S. The second-order valence-electron chi connectivity index (χ2n) is 2.24. The van der Waals surface area contributed by atoms with Gasteiger partial charge in [-0.15, -0.1) is 0 Å². The molecule has 0 bridgehead atoms. The van der Waals surface area contributed by atoms with Crippen LogP contribution in [0, 0.1) is 0 Å². The molecule has 1 aromatic heterocycles. The van der Waals surface area contributed by atoms with Crippen molar-refractivity contribution in [2.45, 2.75) is 12.5 Å². The number of hydrogen-bond acceptors (Lipinski definition) is 4. The van der Waals surface area contributed by atoms with Crippen molar-refractivity contribution in [2.24, 2.45) is 4.36 Å². The average molecular weight is 185 g/mol. The Morgan fingerprint density at radius 1 is 1.92 bits per heavy atom. The van der Waals surface area contributed by atoms with Crippen LogP contribution in [-0.2, 0) is 23.6 Å². The van der Waals surface area contributed by atoms with Crippen molar-refractivity contribution in [3.63, 3.8) is 0 Å². The van der Waals surface area contributed by atoms with Crippen molar-refractivity contribution in [3.8, 4) is 0 Å². The van der Waals surface area contributed by atoms with Gasteiger partial charge in [0.05, 0.1) is 6.33 Å². The molecule has 12 heavy (non-hydrogen) atoms. The summed E-state index contributed by atoms with van der Waals surface area (Å²) in [5.74, 6) is -1.01. The van der Waals surface area contributed by atoms with Gasteiger partial charge in [-0.2, -0.15) is 0 Å². The molecule has 5 nitrogen and oxygen atoms in total. The number of carbonyl (C=O) groups is 1. The van der Waals surface area contributed by atoms with E-state index in [4.69, 9.17) is 5.11 Å². The normalized spacial score (nSPS) is 12.3. The van der Waals surface area contributed by atoms with Gasteiger partial charge in [0, 0.05) is 30.7 Å². The molecule has 0 fully saturated rings. The Balaban J connectivity index is 2.60. The maximum atomic E-state index is 10.5. The van der Waals surface area contributed by atoms with E-state index in [1.807, 2.05) is 0 Å². The van der Waals surface area contributed by atoms with Gasteiger partial charge >= 0.3 is 5.97 Å². The molecule has 1 aromatic rings. The summed E-state index contributed by atoms with van der Waals surface area (Å²) in [5.41, 5.74) is 0.719. The minimum absolute atomic E-state index is 0.263. The first-order chi connectivity index (χ1) is 5.74. The third-order valence-electron chi connectivity index (χ3n) is 1.38. The molecule has 0 aliphatic carbocycles. The number of H-pyrrole nitrogens is 1. The van der Waals surface area contributed by atoms with Gasteiger partial charge in [0.1, 0.15) is 0 Å². The van der Waals surface area contributed by atoms with Crippen LogP contribution in [0.4, 0.5) is 0 Å². The Morgan fingerprint density at radius 3 is 3.08 bits per heavy atom. The van der Waals surface area contributed by atoms with E-state index in [-0.39, 0.29) is 6.42 Å². The van der Waals surface area contributed by atoms with E-state index in [1.165, 1.54) is 6.33 Å². The zero-order valence-electron chi connectivity index (χ0n) is 6.10. The van der Waals surface area contributed by atoms with Crippen LogP contribution < -0.4 is 0 Å². The molecule has 0 radical (unpaired) electrons. The molecule has 2 N–H and O–H groups in total. The molecule has 64 valence electrons. The maximum Gasteiger partial charge on any atom is 0.329 e. The number of carboxylic acids is 1. The second-order valence-corrected chi connectivity index (χ2v) is 2.45. The number of rotatable bonds is 4. The van der Waals surface area contributed by atoms with Crippen molar-refractivity contribution in [1.82, 2.24) is 9.97 Å². The maximum absolute atomic E-state index is 10.5. The number of carboxylic acid groups (broad SMARTS) is 1. The van der Waals surface area contributed by atoms with Gasteiger partial charge in [-0.3, -0.25) is 0 Å². The smallest absolute Gasteiger partial charge is 0.329 e. The molecule has 0 saturated heterocycles. The summed E-state index contributed by atoms with van der Waals surface area (Å²) in [7, 11) is 0. The van der Waals surface area contributed by atoms with Crippen LogP contribution in [0.5, 0.6) is 0 Å². The summed E-state index contributed by atoms with van der Waals surface area (Å²) in [4.78, 5) is 17.0. The first-order valence-electron chi connectivity index (χ1n) is 3.26. The van der Waals surface area contributed by atoms with Gasteiger partial charge in [0.2, 0.25) is 0 Å². The van der Waals surface area contributed by atoms with Gasteiger partial charge in [-0.25, -0.2) is 14.1 Å². The lowest BCUT2D eigenvalue weighted by molar-refractivity contribution is -0.138. The lowest BCUT2D eigenvalue weighted by Gasteiger charge is -2.01. The van der Waals surface area contributed by atoms with Gasteiger partial charge < -0.3 is 10.1 Å². The molecular weight excluding hydrogens is 178 g/mol. The molecule has 1 rings (SSSR count). The summed E-state index contributed by atoms with van der Waals surface area (Å²) in [5, 5.41) is 8.58. The van der Waals surface area contributed by atoms with Crippen molar-refractivity contribution in [1.29, 1.82) is 0 Å². The van der Waals surface area contributed by atoms with E-state index in [9.17, 15) is 4.79 Å². The van der Waals surface area contributed by atoms with Crippen molar-refractivity contribution < 1.29 is 9.90 Å². The highest BCUT2D eigenvalue weighted by molar-refractivity contribution is 7.47. The number of aromatic nitrogens is 2. The van der Waals surface area contributed by atoms with E-state index < -0.39 is 12.0 Å². The average Bonchev–Trinajstić information content (AvgIpc) is 2.51. The number of aromatic amines is 1. The summed E-state index contributed by atoms with van der Waals surface area (Å²) < 4.78 is 3.30. The molecule has 0 aromatic carbocycles. The molecule has 0 aliphatic heterocycles. The van der Waals surface area contributed by atoms with Gasteiger partial charge in [0.25, 0.3) is 0 Å². The van der Waals surface area contributed by atoms with Crippen molar-refractivity contribution in [2.75, 3.05) is 0 Å². The highest BCUT2D eigenvalue weighted by Gasteiger charge is 2.16. The van der Waals surface area contributed by atoms with Crippen LogP contribution in [0.3, 0.4) is 0 Å². The Bertz CT molecular complexity index is 272. The number of hydrogen-bond donors (Lipinski definition) is 2. The van der Waals surface area contributed by atoms with Crippen LogP contribution in [0.15, 0.2) is 16.9 Å². The molecule has 0 aliphatic rings. The van der Waals surface area contributed by atoms with Gasteiger partial charge in [0.15, 0.2) is 6.04 Å². The first kappa shape index (κ1) is 8.79. The molecule has 0 spiro atoms. The minimum Gasteiger partial charge on any atom is -0.480 e. The van der Waals surface area contributed by atoms with Crippen LogP contribution in [-0.4, -0.2) is 27.1 Å². The molecule has 0 unspecified atom stereocenters. The molecule has 1 heterocycles. The quantitative estimate of drug-likeness (QED) is 0.699.